The molecular formula is C16H15BrN2O4. The molecule has 2 aromatic rings. The number of amides is 1. The molecule has 0 fully saturated rings. The molecule has 0 saturated carbocycles. The Kier molecular flexibility index (Phi) is 5.70. The molecule has 7 heteroatoms. The number of primary amides is 1. The van der Waals surface area contributed by atoms with Gasteiger partial charge in [0.15, 0.2) is 0 Å². The Morgan fingerprint density at radius 2 is 1.83 bits per heavy atom. The summed E-state index contributed by atoms with van der Waals surface area (Å²) in [6, 6.07) is 11.8. The van der Waals surface area contributed by atoms with Gasteiger partial charge >= 0.3 is 0 Å². The molecule has 1 amide bonds. The van der Waals surface area contributed by atoms with Crippen LogP contribution in [0.4, 0.5) is 5.69 Å². The van der Waals surface area contributed by atoms with Crippen LogP contribution in [0.5, 0.6) is 5.75 Å². The van der Waals surface area contributed by atoms with Crippen molar-refractivity contribution in [2.45, 2.75) is 19.4 Å². The molecule has 2 rings (SSSR count). The van der Waals surface area contributed by atoms with E-state index in [-0.39, 0.29) is 11.6 Å². The fraction of sp³-hybridized carbons (Fsp3) is 0.188. The lowest BCUT2D eigenvalue weighted by Gasteiger charge is -2.10. The van der Waals surface area contributed by atoms with Crippen molar-refractivity contribution in [1.29, 1.82) is 0 Å². The summed E-state index contributed by atoms with van der Waals surface area (Å²) >= 11 is 3.43. The number of carbonyl (C=O) groups excluding carboxylic acids is 1. The van der Waals surface area contributed by atoms with Gasteiger partial charge in [-0.15, -0.1) is 0 Å². The first-order chi connectivity index (χ1) is 11.0. The van der Waals surface area contributed by atoms with E-state index in [4.69, 9.17) is 10.5 Å². The van der Waals surface area contributed by atoms with Crippen LogP contribution in [0.2, 0.25) is 0 Å². The highest BCUT2D eigenvalue weighted by atomic mass is 79.9. The number of halogens is 1. The van der Waals surface area contributed by atoms with E-state index in [1.54, 1.807) is 12.1 Å². The van der Waals surface area contributed by atoms with Crippen molar-refractivity contribution in [2.75, 3.05) is 0 Å². The molecule has 0 unspecified atom stereocenters. The van der Waals surface area contributed by atoms with Crippen LogP contribution in [0.25, 0.3) is 0 Å². The van der Waals surface area contributed by atoms with Gasteiger partial charge in [-0.3, -0.25) is 14.9 Å². The van der Waals surface area contributed by atoms with E-state index >= 15 is 0 Å². The first-order valence-corrected chi connectivity index (χ1v) is 7.68. The van der Waals surface area contributed by atoms with Crippen LogP contribution in [0.1, 0.15) is 17.5 Å². The Labute approximate surface area is 141 Å². The molecule has 120 valence electrons. The van der Waals surface area contributed by atoms with E-state index in [2.05, 4.69) is 15.9 Å². The summed E-state index contributed by atoms with van der Waals surface area (Å²) < 4.78 is 6.47. The molecule has 0 aliphatic heterocycles. The molecule has 2 N–H and O–H groups in total. The molecule has 0 saturated heterocycles. The summed E-state index contributed by atoms with van der Waals surface area (Å²) in [5.41, 5.74) is 7.00. The molecule has 0 heterocycles. The van der Waals surface area contributed by atoms with Crippen LogP contribution in [0, 0.1) is 10.1 Å². The summed E-state index contributed by atoms with van der Waals surface area (Å²) in [5, 5.41) is 10.6. The van der Waals surface area contributed by atoms with E-state index < -0.39 is 4.92 Å². The molecule has 2 aromatic carbocycles. The topological polar surface area (TPSA) is 95.5 Å². The number of ether oxygens (including phenoxy) is 1. The Hall–Kier alpha value is -2.41. The average molecular weight is 379 g/mol. The minimum absolute atomic E-state index is 0.0498. The zero-order chi connectivity index (χ0) is 16.8. The van der Waals surface area contributed by atoms with Gasteiger partial charge in [0, 0.05) is 18.6 Å². The van der Waals surface area contributed by atoms with Crippen LogP contribution in [0.15, 0.2) is 46.9 Å². The number of carbonyl (C=O) groups is 1. The van der Waals surface area contributed by atoms with Gasteiger partial charge in [-0.2, -0.15) is 0 Å². The number of hydrogen-bond donors (Lipinski definition) is 1. The smallest absolute Gasteiger partial charge is 0.269 e. The predicted octanol–water partition coefficient (Wildman–Crippen LogP) is 3.35. The molecule has 0 radical (unpaired) electrons. The molecule has 0 aliphatic carbocycles. The van der Waals surface area contributed by atoms with Crippen molar-refractivity contribution in [2.24, 2.45) is 5.73 Å². The number of nitrogens with two attached hydrogens (primary N) is 1. The largest absolute Gasteiger partial charge is 0.488 e. The van der Waals surface area contributed by atoms with Gasteiger partial charge in [-0.1, -0.05) is 6.07 Å². The van der Waals surface area contributed by atoms with Crippen LogP contribution in [-0.2, 0) is 17.8 Å². The number of nitro benzene ring substituents is 1. The Morgan fingerprint density at radius 3 is 2.39 bits per heavy atom. The van der Waals surface area contributed by atoms with Crippen molar-refractivity contribution in [3.63, 3.8) is 0 Å². The summed E-state index contributed by atoms with van der Waals surface area (Å²) in [6.45, 7) is 0.303. The lowest BCUT2D eigenvalue weighted by Crippen LogP contribution is -2.11. The fourth-order valence-electron chi connectivity index (χ4n) is 1.96. The molecule has 0 bridgehead atoms. The summed E-state index contributed by atoms with van der Waals surface area (Å²) in [6.07, 6.45) is 0.881. The van der Waals surface area contributed by atoms with Gasteiger partial charge < -0.3 is 10.5 Å². The van der Waals surface area contributed by atoms with Crippen molar-refractivity contribution in [3.05, 3.63) is 68.2 Å². The number of non-ortho nitro benzene ring substituents is 1. The van der Waals surface area contributed by atoms with Crippen LogP contribution in [-0.4, -0.2) is 10.8 Å². The number of nitrogens with zero attached hydrogens (tertiary/aromatic N) is 1. The van der Waals surface area contributed by atoms with Crippen molar-refractivity contribution >= 4 is 27.5 Å². The highest BCUT2D eigenvalue weighted by Crippen LogP contribution is 2.27. The van der Waals surface area contributed by atoms with Gasteiger partial charge in [0.25, 0.3) is 5.69 Å². The molecule has 6 nitrogen and oxygen atoms in total. The van der Waals surface area contributed by atoms with Crippen LogP contribution < -0.4 is 10.5 Å². The Balaban J connectivity index is 1.97. The van der Waals surface area contributed by atoms with E-state index in [0.29, 0.717) is 25.2 Å². The van der Waals surface area contributed by atoms with Gasteiger partial charge in [-0.25, -0.2) is 0 Å². The molecule has 0 spiro atoms. The van der Waals surface area contributed by atoms with Crippen LogP contribution >= 0.6 is 15.9 Å². The zero-order valence-corrected chi connectivity index (χ0v) is 13.8. The second kappa shape index (κ2) is 7.73. The third-order valence-corrected chi connectivity index (χ3v) is 3.82. The van der Waals surface area contributed by atoms with E-state index in [1.807, 2.05) is 18.2 Å². The maximum absolute atomic E-state index is 10.8. The normalized spacial score (nSPS) is 10.3. The Morgan fingerprint density at radius 1 is 1.17 bits per heavy atom. The van der Waals surface area contributed by atoms with E-state index in [1.165, 1.54) is 12.1 Å². The second-order valence-electron chi connectivity index (χ2n) is 4.94. The van der Waals surface area contributed by atoms with Gasteiger partial charge in [-0.05, 0) is 57.7 Å². The summed E-state index contributed by atoms with van der Waals surface area (Å²) in [5.74, 6) is 0.325. The van der Waals surface area contributed by atoms with Crippen LogP contribution in [0.3, 0.4) is 0 Å². The third-order valence-electron chi connectivity index (χ3n) is 3.20. The highest BCUT2D eigenvalue weighted by molar-refractivity contribution is 9.10. The molecule has 0 aromatic heterocycles. The first kappa shape index (κ1) is 17.0. The van der Waals surface area contributed by atoms with Gasteiger partial charge in [0.05, 0.1) is 9.40 Å². The molecule has 23 heavy (non-hydrogen) atoms. The quantitative estimate of drug-likeness (QED) is 0.590. The number of benzene rings is 2. The molecule has 0 atom stereocenters. The standard InChI is InChI=1S/C16H15BrN2O4/c17-14-9-11(4-8-16(18)20)3-7-15(14)23-10-12-1-5-13(6-2-12)19(21)22/h1-3,5-7,9H,4,8,10H2,(H2,18,20). The van der Waals surface area contributed by atoms with Crippen molar-refractivity contribution in [1.82, 2.24) is 0 Å². The second-order valence-corrected chi connectivity index (χ2v) is 5.80. The number of aryl methyl sites for hydroxylation is 1. The SMILES string of the molecule is NC(=O)CCc1ccc(OCc2ccc([N+](=O)[O-])cc2)c(Br)c1. The third kappa shape index (κ3) is 5.07. The first-order valence-electron chi connectivity index (χ1n) is 6.88. The van der Waals surface area contributed by atoms with Gasteiger partial charge in [0.2, 0.25) is 5.91 Å². The van der Waals surface area contributed by atoms with Crippen molar-refractivity contribution < 1.29 is 14.5 Å². The molecular weight excluding hydrogens is 364 g/mol. The minimum Gasteiger partial charge on any atom is -0.488 e. The van der Waals surface area contributed by atoms with E-state index in [9.17, 15) is 14.9 Å². The summed E-state index contributed by atoms with van der Waals surface area (Å²) in [4.78, 5) is 21.0. The molecule has 0 aliphatic rings. The zero-order valence-electron chi connectivity index (χ0n) is 12.2. The lowest BCUT2D eigenvalue weighted by atomic mass is 10.1. The maximum Gasteiger partial charge on any atom is 0.269 e. The fourth-order valence-corrected chi connectivity index (χ4v) is 2.50. The van der Waals surface area contributed by atoms with Crippen molar-refractivity contribution in [3.8, 4) is 5.75 Å². The average Bonchev–Trinajstić information content (AvgIpc) is 2.52. The lowest BCUT2D eigenvalue weighted by molar-refractivity contribution is -0.384. The number of nitro groups is 1. The highest BCUT2D eigenvalue weighted by Gasteiger charge is 2.07. The maximum atomic E-state index is 10.8. The summed E-state index contributed by atoms with van der Waals surface area (Å²) in [7, 11) is 0. The number of rotatable bonds is 7. The van der Waals surface area contributed by atoms with E-state index in [0.717, 1.165) is 15.6 Å². The van der Waals surface area contributed by atoms with Gasteiger partial charge in [0.1, 0.15) is 12.4 Å². The monoisotopic (exact) mass is 378 g/mol. The Bertz CT molecular complexity index is 717. The minimum atomic E-state index is -0.438. The number of hydrogen-bond acceptors (Lipinski definition) is 4. The predicted molar refractivity (Wildman–Crippen MR) is 89.1 cm³/mol.